The van der Waals surface area contributed by atoms with Gasteiger partial charge < -0.3 is 4.90 Å². The number of alkyl halides is 3. The molecule has 4 rings (SSSR count). The first-order chi connectivity index (χ1) is 15.1. The zero-order chi connectivity index (χ0) is 23.0. The number of aromatic amines is 1. The number of aromatic nitrogens is 5. The van der Waals surface area contributed by atoms with E-state index in [2.05, 4.69) is 20.3 Å². The molecule has 3 aromatic rings. The summed E-state index contributed by atoms with van der Waals surface area (Å²) in [4.78, 5) is 31.5. The number of hydrogen-bond acceptors (Lipinski definition) is 5. The summed E-state index contributed by atoms with van der Waals surface area (Å²) < 4.78 is 41.5. The molecule has 1 atom stereocenters. The van der Waals surface area contributed by atoms with Crippen LogP contribution in [0.5, 0.6) is 0 Å². The Morgan fingerprint density at radius 2 is 1.97 bits per heavy atom. The normalized spacial score (nSPS) is 16.9. The fourth-order valence-corrected chi connectivity index (χ4v) is 3.90. The number of H-pyrrole nitrogens is 1. The van der Waals surface area contributed by atoms with Crippen molar-refractivity contribution in [2.45, 2.75) is 38.8 Å². The van der Waals surface area contributed by atoms with Crippen LogP contribution in [0.3, 0.4) is 0 Å². The number of likely N-dealkylation sites (tertiary alicyclic amines) is 1. The molecule has 1 aliphatic rings. The van der Waals surface area contributed by atoms with E-state index in [4.69, 9.17) is 0 Å². The van der Waals surface area contributed by atoms with Gasteiger partial charge in [-0.3, -0.25) is 14.7 Å². The predicted octanol–water partition coefficient (Wildman–Crippen LogP) is 3.01. The monoisotopic (exact) mass is 446 g/mol. The second kappa shape index (κ2) is 8.21. The van der Waals surface area contributed by atoms with E-state index in [0.717, 1.165) is 23.2 Å². The number of amides is 1. The van der Waals surface area contributed by atoms with Gasteiger partial charge in [0.15, 0.2) is 11.5 Å². The lowest BCUT2D eigenvalue weighted by molar-refractivity contribution is -0.137. The van der Waals surface area contributed by atoms with Crippen LogP contribution in [0.25, 0.3) is 5.69 Å². The number of aryl methyl sites for hydroxylation is 2. The molecular weight excluding hydrogens is 425 g/mol. The van der Waals surface area contributed by atoms with Crippen LogP contribution in [0.2, 0.25) is 0 Å². The molecule has 11 heteroatoms. The SMILES string of the molecule is Cc1nc(C2CCCN(C(=O)c3nn(-c4ccccc4C(F)(F)F)c(C)cc3=O)C2)n[nH]1. The first-order valence-corrected chi connectivity index (χ1v) is 10.1. The third-order valence-corrected chi connectivity index (χ3v) is 5.44. The van der Waals surface area contributed by atoms with E-state index in [9.17, 15) is 22.8 Å². The van der Waals surface area contributed by atoms with Crippen molar-refractivity contribution in [1.29, 1.82) is 0 Å². The lowest BCUT2D eigenvalue weighted by Gasteiger charge is -2.31. The average molecular weight is 446 g/mol. The lowest BCUT2D eigenvalue weighted by Crippen LogP contribution is -2.42. The summed E-state index contributed by atoms with van der Waals surface area (Å²) >= 11 is 0. The second-order valence-electron chi connectivity index (χ2n) is 7.79. The van der Waals surface area contributed by atoms with Gasteiger partial charge in [-0.2, -0.15) is 23.4 Å². The summed E-state index contributed by atoms with van der Waals surface area (Å²) in [6, 6.07) is 6.04. The van der Waals surface area contributed by atoms with E-state index in [1.165, 1.54) is 30.0 Å². The molecule has 1 aromatic carbocycles. The maximum absolute atomic E-state index is 13.5. The Hall–Kier alpha value is -3.50. The second-order valence-corrected chi connectivity index (χ2v) is 7.79. The molecule has 0 bridgehead atoms. The van der Waals surface area contributed by atoms with Gasteiger partial charge in [0.2, 0.25) is 5.43 Å². The number of nitrogens with one attached hydrogen (secondary N) is 1. The predicted molar refractivity (Wildman–Crippen MR) is 109 cm³/mol. The number of rotatable bonds is 3. The van der Waals surface area contributed by atoms with Crippen LogP contribution in [0.1, 0.15) is 52.2 Å². The zero-order valence-electron chi connectivity index (χ0n) is 17.5. The van der Waals surface area contributed by atoms with Crippen molar-refractivity contribution in [3.63, 3.8) is 0 Å². The van der Waals surface area contributed by atoms with Crippen molar-refractivity contribution < 1.29 is 18.0 Å². The highest BCUT2D eigenvalue weighted by atomic mass is 19.4. The number of halogens is 3. The summed E-state index contributed by atoms with van der Waals surface area (Å²) in [7, 11) is 0. The molecule has 0 aliphatic carbocycles. The van der Waals surface area contributed by atoms with E-state index in [1.54, 1.807) is 6.92 Å². The Balaban J connectivity index is 1.69. The third kappa shape index (κ3) is 4.14. The number of benzene rings is 1. The minimum Gasteiger partial charge on any atom is -0.336 e. The van der Waals surface area contributed by atoms with E-state index in [-0.39, 0.29) is 17.3 Å². The quantitative estimate of drug-likeness (QED) is 0.667. The maximum atomic E-state index is 13.5. The summed E-state index contributed by atoms with van der Waals surface area (Å²) in [5.41, 5.74) is -2.02. The van der Waals surface area contributed by atoms with E-state index in [0.29, 0.717) is 31.2 Å². The van der Waals surface area contributed by atoms with Crippen molar-refractivity contribution >= 4 is 5.91 Å². The van der Waals surface area contributed by atoms with Crippen molar-refractivity contribution in [3.05, 3.63) is 69.2 Å². The zero-order valence-corrected chi connectivity index (χ0v) is 17.5. The van der Waals surface area contributed by atoms with Gasteiger partial charge >= 0.3 is 6.18 Å². The molecule has 0 radical (unpaired) electrons. The molecule has 1 N–H and O–H groups in total. The molecule has 0 spiro atoms. The van der Waals surface area contributed by atoms with Gasteiger partial charge in [0.1, 0.15) is 5.82 Å². The number of nitrogens with zero attached hydrogens (tertiary/aromatic N) is 5. The number of para-hydroxylation sites is 1. The van der Waals surface area contributed by atoms with Gasteiger partial charge in [-0.25, -0.2) is 9.67 Å². The first-order valence-electron chi connectivity index (χ1n) is 10.1. The Morgan fingerprint density at radius 3 is 2.66 bits per heavy atom. The van der Waals surface area contributed by atoms with E-state index < -0.39 is 28.8 Å². The molecule has 1 fully saturated rings. The van der Waals surface area contributed by atoms with Crippen LogP contribution in [-0.4, -0.2) is 48.9 Å². The van der Waals surface area contributed by atoms with Crippen LogP contribution < -0.4 is 5.43 Å². The van der Waals surface area contributed by atoms with Gasteiger partial charge in [-0.15, -0.1) is 0 Å². The minimum atomic E-state index is -4.62. The van der Waals surface area contributed by atoms with Gasteiger partial charge in [0.25, 0.3) is 5.91 Å². The molecular formula is C21H21F3N6O2. The summed E-state index contributed by atoms with van der Waals surface area (Å²) in [6.07, 6.45) is -3.15. The summed E-state index contributed by atoms with van der Waals surface area (Å²) in [5, 5.41) is 11.0. The van der Waals surface area contributed by atoms with Gasteiger partial charge in [-0.05, 0) is 38.8 Å². The topological polar surface area (TPSA) is 96.8 Å². The lowest BCUT2D eigenvalue weighted by atomic mass is 9.97. The van der Waals surface area contributed by atoms with Crippen LogP contribution >= 0.6 is 0 Å². The molecule has 3 heterocycles. The average Bonchev–Trinajstić information content (AvgIpc) is 3.19. The molecule has 2 aromatic heterocycles. The molecule has 1 unspecified atom stereocenters. The highest BCUT2D eigenvalue weighted by Gasteiger charge is 2.35. The van der Waals surface area contributed by atoms with Gasteiger partial charge in [0, 0.05) is 30.8 Å². The Morgan fingerprint density at radius 1 is 1.22 bits per heavy atom. The van der Waals surface area contributed by atoms with Crippen LogP contribution in [-0.2, 0) is 6.18 Å². The summed E-state index contributed by atoms with van der Waals surface area (Å²) in [5.74, 6) is 0.532. The smallest absolute Gasteiger partial charge is 0.336 e. The molecule has 1 aliphatic heterocycles. The first kappa shape index (κ1) is 21.7. The molecule has 1 amide bonds. The van der Waals surface area contributed by atoms with Crippen LogP contribution in [0.15, 0.2) is 35.1 Å². The Kier molecular flexibility index (Phi) is 5.57. The largest absolute Gasteiger partial charge is 0.418 e. The molecule has 0 saturated carbocycles. The minimum absolute atomic E-state index is 0.101. The third-order valence-electron chi connectivity index (χ3n) is 5.44. The van der Waals surface area contributed by atoms with Gasteiger partial charge in [0.05, 0.1) is 11.3 Å². The molecule has 8 nitrogen and oxygen atoms in total. The van der Waals surface area contributed by atoms with Crippen LogP contribution in [0, 0.1) is 13.8 Å². The Bertz CT molecular complexity index is 1220. The fourth-order valence-electron chi connectivity index (χ4n) is 3.90. The van der Waals surface area contributed by atoms with Crippen molar-refractivity contribution in [2.75, 3.05) is 13.1 Å². The van der Waals surface area contributed by atoms with E-state index >= 15 is 0 Å². The van der Waals surface area contributed by atoms with E-state index in [1.807, 2.05) is 0 Å². The van der Waals surface area contributed by atoms with Gasteiger partial charge in [-0.1, -0.05) is 12.1 Å². The maximum Gasteiger partial charge on any atom is 0.418 e. The highest BCUT2D eigenvalue weighted by Crippen LogP contribution is 2.33. The van der Waals surface area contributed by atoms with Crippen molar-refractivity contribution in [3.8, 4) is 5.69 Å². The molecule has 32 heavy (non-hydrogen) atoms. The number of piperidine rings is 1. The number of hydrogen-bond donors (Lipinski definition) is 1. The highest BCUT2D eigenvalue weighted by molar-refractivity contribution is 5.92. The molecule has 168 valence electrons. The number of carbonyl (C=O) groups is 1. The van der Waals surface area contributed by atoms with Crippen molar-refractivity contribution in [1.82, 2.24) is 29.9 Å². The van der Waals surface area contributed by atoms with Crippen LogP contribution in [0.4, 0.5) is 13.2 Å². The Labute approximate surface area is 181 Å². The standard InChI is InChI=1S/C21H21F3N6O2/c1-12-10-17(31)18(28-30(12)16-8-4-3-7-15(16)21(22,23)24)20(32)29-9-5-6-14(11-29)19-25-13(2)26-27-19/h3-4,7-8,10,14H,5-6,9,11H2,1-2H3,(H,25,26,27). The molecule has 1 saturated heterocycles. The van der Waals surface area contributed by atoms with Crippen molar-refractivity contribution in [2.24, 2.45) is 0 Å². The number of carbonyl (C=O) groups excluding carboxylic acids is 1. The summed E-state index contributed by atoms with van der Waals surface area (Å²) in [6.45, 7) is 3.95. The fraction of sp³-hybridized carbons (Fsp3) is 0.381.